The summed E-state index contributed by atoms with van der Waals surface area (Å²) in [4.78, 5) is 17.0. The molecule has 0 saturated carbocycles. The van der Waals surface area contributed by atoms with E-state index in [1.807, 2.05) is 12.1 Å². The summed E-state index contributed by atoms with van der Waals surface area (Å²) in [5, 5.41) is 6.99. The van der Waals surface area contributed by atoms with Gasteiger partial charge in [0.2, 0.25) is 5.91 Å². The minimum absolute atomic E-state index is 0.0961. The zero-order valence-corrected chi connectivity index (χ0v) is 15.4. The molecule has 2 saturated heterocycles. The lowest BCUT2D eigenvalue weighted by molar-refractivity contribution is -0.136. The highest BCUT2D eigenvalue weighted by Crippen LogP contribution is 2.33. The maximum Gasteiger partial charge on any atom is 0.225 e. The van der Waals surface area contributed by atoms with E-state index in [-0.39, 0.29) is 17.3 Å². The fraction of sp³-hybridized carbons (Fsp3) is 0.500. The molecule has 0 atom stereocenters. The number of amides is 1. The van der Waals surface area contributed by atoms with Crippen molar-refractivity contribution in [3.63, 3.8) is 0 Å². The molecule has 1 spiro atoms. The minimum atomic E-state index is -0.363. The summed E-state index contributed by atoms with van der Waals surface area (Å²) >= 11 is 0. The molecule has 1 aromatic carbocycles. The van der Waals surface area contributed by atoms with Crippen molar-refractivity contribution in [1.29, 1.82) is 0 Å². The van der Waals surface area contributed by atoms with Crippen molar-refractivity contribution in [3.8, 4) is 0 Å². The second-order valence-electron chi connectivity index (χ2n) is 7.51. The van der Waals surface area contributed by atoms with Crippen LogP contribution in [0, 0.1) is 5.82 Å². The Hall–Kier alpha value is -2.25. The van der Waals surface area contributed by atoms with Crippen LogP contribution in [0.4, 0.5) is 4.39 Å². The van der Waals surface area contributed by atoms with Crippen LogP contribution in [0.5, 0.6) is 0 Å². The molecule has 0 radical (unpaired) electrons. The highest BCUT2D eigenvalue weighted by Gasteiger charge is 2.40. The topological polar surface area (TPSA) is 61.5 Å². The van der Waals surface area contributed by atoms with Crippen molar-refractivity contribution in [3.05, 3.63) is 53.6 Å². The van der Waals surface area contributed by atoms with Crippen LogP contribution >= 0.6 is 0 Å². The molecule has 1 aromatic heterocycles. The second kappa shape index (κ2) is 7.78. The number of nitrogens with one attached hydrogen (secondary N) is 1. The molecule has 3 heterocycles. The van der Waals surface area contributed by atoms with E-state index in [0.29, 0.717) is 26.1 Å². The summed E-state index contributed by atoms with van der Waals surface area (Å²) in [6, 6.07) is 8.43. The molecule has 6 nitrogen and oxygen atoms in total. The number of hydrogen-bond acceptors (Lipinski definition) is 4. The van der Waals surface area contributed by atoms with Gasteiger partial charge in [0.25, 0.3) is 0 Å². The van der Waals surface area contributed by atoms with Gasteiger partial charge in [0, 0.05) is 44.6 Å². The van der Waals surface area contributed by atoms with E-state index < -0.39 is 0 Å². The van der Waals surface area contributed by atoms with Crippen LogP contribution in [0.2, 0.25) is 0 Å². The van der Waals surface area contributed by atoms with Crippen molar-refractivity contribution in [2.75, 3.05) is 26.2 Å². The fourth-order valence-electron chi connectivity index (χ4n) is 4.01. The molecule has 1 N–H and O–H groups in total. The molecule has 2 aliphatic rings. The highest BCUT2D eigenvalue weighted by molar-refractivity contribution is 5.77. The average Bonchev–Trinajstić information content (AvgIpc) is 3.11. The summed E-state index contributed by atoms with van der Waals surface area (Å²) in [6.07, 6.45) is 3.86. The van der Waals surface area contributed by atoms with Gasteiger partial charge in [-0.2, -0.15) is 5.10 Å². The molecule has 2 fully saturated rings. The van der Waals surface area contributed by atoms with Gasteiger partial charge >= 0.3 is 0 Å². The van der Waals surface area contributed by atoms with Gasteiger partial charge in [-0.3, -0.25) is 14.8 Å². The summed E-state index contributed by atoms with van der Waals surface area (Å²) in [7, 11) is 0. The number of aromatic nitrogens is 2. The number of nitrogens with zero attached hydrogens (tertiary/aromatic N) is 3. The third-order valence-corrected chi connectivity index (χ3v) is 5.58. The molecule has 144 valence electrons. The van der Waals surface area contributed by atoms with Gasteiger partial charge < -0.3 is 9.64 Å². The minimum Gasteiger partial charge on any atom is -0.373 e. The van der Waals surface area contributed by atoms with Crippen LogP contribution in [0.15, 0.2) is 36.5 Å². The smallest absolute Gasteiger partial charge is 0.225 e. The Morgan fingerprint density at radius 3 is 2.78 bits per heavy atom. The maximum atomic E-state index is 13.4. The molecular weight excluding hydrogens is 347 g/mol. The standard InChI is InChI=1S/C20H25FN4O2/c21-17-3-1-2-16(12-17)14-25-10-11-27-20(13-19(25)26)5-8-24(9-6-20)15-18-4-7-22-23-18/h1-4,7,12H,5-6,8-11,13-15H2,(H,22,23). The highest BCUT2D eigenvalue weighted by atomic mass is 19.1. The Morgan fingerprint density at radius 2 is 2.04 bits per heavy atom. The summed E-state index contributed by atoms with van der Waals surface area (Å²) in [5.74, 6) is -0.175. The summed E-state index contributed by atoms with van der Waals surface area (Å²) in [6.45, 7) is 4.15. The number of piperidine rings is 1. The Labute approximate surface area is 158 Å². The molecule has 27 heavy (non-hydrogen) atoms. The molecule has 0 aliphatic carbocycles. The number of hydrogen-bond donors (Lipinski definition) is 1. The van der Waals surface area contributed by atoms with Gasteiger partial charge in [-0.15, -0.1) is 0 Å². The lowest BCUT2D eigenvalue weighted by atomic mass is 9.87. The third-order valence-electron chi connectivity index (χ3n) is 5.58. The molecule has 7 heteroatoms. The lowest BCUT2D eigenvalue weighted by Crippen LogP contribution is -2.47. The Kier molecular flexibility index (Phi) is 5.22. The van der Waals surface area contributed by atoms with Gasteiger partial charge in [0.15, 0.2) is 0 Å². The van der Waals surface area contributed by atoms with E-state index in [4.69, 9.17) is 4.74 Å². The monoisotopic (exact) mass is 372 g/mol. The molecular formula is C20H25FN4O2. The van der Waals surface area contributed by atoms with E-state index >= 15 is 0 Å². The first-order valence-corrected chi connectivity index (χ1v) is 9.49. The number of likely N-dealkylation sites (tertiary alicyclic amines) is 1. The average molecular weight is 372 g/mol. The number of carbonyl (C=O) groups is 1. The van der Waals surface area contributed by atoms with Crippen LogP contribution in [0.1, 0.15) is 30.5 Å². The number of carbonyl (C=O) groups excluding carboxylic acids is 1. The molecule has 2 aliphatic heterocycles. The molecule has 1 amide bonds. The van der Waals surface area contributed by atoms with E-state index in [1.165, 1.54) is 12.1 Å². The van der Waals surface area contributed by atoms with Crippen molar-refractivity contribution in [2.45, 2.75) is 38.0 Å². The predicted octanol–water partition coefficient (Wildman–Crippen LogP) is 2.33. The number of H-pyrrole nitrogens is 1. The maximum absolute atomic E-state index is 13.4. The SMILES string of the molecule is O=C1CC2(CCN(Cc3ccn[nH]3)CC2)OCCN1Cc1cccc(F)c1. The van der Waals surface area contributed by atoms with Crippen LogP contribution < -0.4 is 0 Å². The third kappa shape index (κ3) is 4.36. The molecule has 0 unspecified atom stereocenters. The Balaban J connectivity index is 1.35. The largest absolute Gasteiger partial charge is 0.373 e. The molecule has 4 rings (SSSR count). The Bertz CT molecular complexity index is 772. The number of halogens is 1. The van der Waals surface area contributed by atoms with E-state index in [1.54, 1.807) is 17.2 Å². The van der Waals surface area contributed by atoms with Gasteiger partial charge in [0.05, 0.1) is 18.6 Å². The lowest BCUT2D eigenvalue weighted by Gasteiger charge is -2.40. The number of benzene rings is 1. The van der Waals surface area contributed by atoms with Gasteiger partial charge in [-0.25, -0.2) is 4.39 Å². The van der Waals surface area contributed by atoms with Gasteiger partial charge in [-0.05, 0) is 36.6 Å². The first-order chi connectivity index (χ1) is 13.1. The number of aromatic amines is 1. The van der Waals surface area contributed by atoms with Crippen LogP contribution in [-0.4, -0.2) is 57.7 Å². The molecule has 2 aromatic rings. The van der Waals surface area contributed by atoms with Crippen molar-refractivity contribution in [2.24, 2.45) is 0 Å². The van der Waals surface area contributed by atoms with E-state index in [9.17, 15) is 9.18 Å². The fourth-order valence-corrected chi connectivity index (χ4v) is 4.01. The summed E-state index contributed by atoms with van der Waals surface area (Å²) in [5.41, 5.74) is 1.55. The van der Waals surface area contributed by atoms with Crippen molar-refractivity contribution in [1.82, 2.24) is 20.0 Å². The normalized spacial score (nSPS) is 20.8. The van der Waals surface area contributed by atoms with Crippen molar-refractivity contribution < 1.29 is 13.9 Å². The zero-order chi connectivity index (χ0) is 18.7. The summed E-state index contributed by atoms with van der Waals surface area (Å²) < 4.78 is 19.6. The molecule has 0 bridgehead atoms. The van der Waals surface area contributed by atoms with E-state index in [0.717, 1.165) is 43.7 Å². The number of ether oxygens (including phenoxy) is 1. The first kappa shape index (κ1) is 18.1. The van der Waals surface area contributed by atoms with Gasteiger partial charge in [0.1, 0.15) is 5.82 Å². The van der Waals surface area contributed by atoms with Crippen LogP contribution in [0.25, 0.3) is 0 Å². The predicted molar refractivity (Wildman–Crippen MR) is 98.2 cm³/mol. The van der Waals surface area contributed by atoms with E-state index in [2.05, 4.69) is 15.1 Å². The number of rotatable bonds is 4. The van der Waals surface area contributed by atoms with Gasteiger partial charge in [-0.1, -0.05) is 12.1 Å². The van der Waals surface area contributed by atoms with Crippen LogP contribution in [-0.2, 0) is 22.6 Å². The zero-order valence-electron chi connectivity index (χ0n) is 15.4. The Morgan fingerprint density at radius 1 is 1.19 bits per heavy atom. The van der Waals surface area contributed by atoms with Crippen molar-refractivity contribution >= 4 is 5.91 Å². The first-order valence-electron chi connectivity index (χ1n) is 9.49. The quantitative estimate of drug-likeness (QED) is 0.895. The second-order valence-corrected chi connectivity index (χ2v) is 7.51. The van der Waals surface area contributed by atoms with Crippen LogP contribution in [0.3, 0.4) is 0 Å².